The average Bonchev–Trinajstić information content (AvgIpc) is 2.63. The minimum atomic E-state index is -0.0732. The largest absolute Gasteiger partial charge is 0.342 e. The number of halogens is 1. The molecular formula is C17H26ClNO. The Morgan fingerprint density at radius 2 is 1.55 bits per heavy atom. The van der Waals surface area contributed by atoms with Gasteiger partial charge in [0.25, 0.3) is 0 Å². The molecule has 0 aromatic carbocycles. The zero-order valence-electron chi connectivity index (χ0n) is 12.4. The van der Waals surface area contributed by atoms with Crippen molar-refractivity contribution >= 4 is 17.5 Å². The number of amides is 1. The highest BCUT2D eigenvalue weighted by Crippen LogP contribution is 2.64. The van der Waals surface area contributed by atoms with E-state index in [4.69, 9.17) is 11.6 Å². The SMILES string of the molecule is O=C(N1CCCCCC1)C12CC3CC(CC(Cl)(C3)C1)C2. The summed E-state index contributed by atoms with van der Waals surface area (Å²) in [4.78, 5) is 15.4. The predicted molar refractivity (Wildman–Crippen MR) is 80.7 cm³/mol. The van der Waals surface area contributed by atoms with Gasteiger partial charge in [0.15, 0.2) is 0 Å². The molecule has 20 heavy (non-hydrogen) atoms. The number of alkyl halides is 1. The number of nitrogens with zero attached hydrogens (tertiary/aromatic N) is 1. The van der Waals surface area contributed by atoms with E-state index in [0.717, 1.165) is 44.2 Å². The van der Waals surface area contributed by atoms with E-state index in [-0.39, 0.29) is 10.3 Å². The van der Waals surface area contributed by atoms with Gasteiger partial charge in [-0.15, -0.1) is 11.6 Å². The molecule has 5 rings (SSSR count). The first kappa shape index (κ1) is 13.4. The minimum Gasteiger partial charge on any atom is -0.342 e. The Bertz CT molecular complexity index is 399. The summed E-state index contributed by atoms with van der Waals surface area (Å²) < 4.78 is 0. The number of hydrogen-bond acceptors (Lipinski definition) is 1. The van der Waals surface area contributed by atoms with Gasteiger partial charge in [-0.3, -0.25) is 4.79 Å². The topological polar surface area (TPSA) is 20.3 Å². The smallest absolute Gasteiger partial charge is 0.228 e. The lowest BCUT2D eigenvalue weighted by Gasteiger charge is -2.59. The highest BCUT2D eigenvalue weighted by molar-refractivity contribution is 6.24. The van der Waals surface area contributed by atoms with Crippen molar-refractivity contribution in [1.29, 1.82) is 0 Å². The van der Waals surface area contributed by atoms with Crippen LogP contribution < -0.4 is 0 Å². The van der Waals surface area contributed by atoms with Crippen LogP contribution in [0.25, 0.3) is 0 Å². The van der Waals surface area contributed by atoms with Gasteiger partial charge >= 0.3 is 0 Å². The fraction of sp³-hybridized carbons (Fsp3) is 0.941. The van der Waals surface area contributed by atoms with Crippen LogP contribution in [0.4, 0.5) is 0 Å². The maximum Gasteiger partial charge on any atom is 0.228 e. The van der Waals surface area contributed by atoms with Crippen LogP contribution in [0, 0.1) is 17.3 Å². The molecule has 2 unspecified atom stereocenters. The minimum absolute atomic E-state index is 0.0361. The number of carbonyl (C=O) groups excluding carboxylic acids is 1. The number of likely N-dealkylation sites (tertiary alicyclic amines) is 1. The molecule has 0 N–H and O–H groups in total. The highest BCUT2D eigenvalue weighted by Gasteiger charge is 2.60. The molecule has 5 fully saturated rings. The van der Waals surface area contributed by atoms with Crippen LogP contribution in [0.15, 0.2) is 0 Å². The number of carbonyl (C=O) groups is 1. The summed E-state index contributed by atoms with van der Waals surface area (Å²) in [7, 11) is 0. The van der Waals surface area contributed by atoms with Gasteiger partial charge in [-0.05, 0) is 63.2 Å². The molecule has 1 heterocycles. The van der Waals surface area contributed by atoms with E-state index >= 15 is 0 Å². The molecule has 1 saturated heterocycles. The van der Waals surface area contributed by atoms with Crippen molar-refractivity contribution in [3.05, 3.63) is 0 Å². The first-order valence-corrected chi connectivity index (χ1v) is 8.95. The summed E-state index contributed by atoms with van der Waals surface area (Å²) in [6.07, 6.45) is 11.9. The van der Waals surface area contributed by atoms with E-state index in [0.29, 0.717) is 5.91 Å². The molecule has 0 aromatic rings. The Labute approximate surface area is 127 Å². The van der Waals surface area contributed by atoms with Crippen LogP contribution in [-0.2, 0) is 4.79 Å². The van der Waals surface area contributed by atoms with Gasteiger partial charge in [0.2, 0.25) is 5.91 Å². The third-order valence-corrected chi connectivity index (χ3v) is 6.78. The van der Waals surface area contributed by atoms with Crippen LogP contribution in [0.2, 0.25) is 0 Å². The zero-order valence-corrected chi connectivity index (χ0v) is 13.1. The molecule has 4 bridgehead atoms. The van der Waals surface area contributed by atoms with E-state index in [9.17, 15) is 4.79 Å². The molecule has 0 spiro atoms. The van der Waals surface area contributed by atoms with E-state index in [1.807, 2.05) is 0 Å². The molecular weight excluding hydrogens is 270 g/mol. The lowest BCUT2D eigenvalue weighted by molar-refractivity contribution is -0.156. The fourth-order valence-electron chi connectivity index (χ4n) is 6.01. The number of rotatable bonds is 1. The monoisotopic (exact) mass is 295 g/mol. The summed E-state index contributed by atoms with van der Waals surface area (Å²) in [5.74, 6) is 1.92. The first-order valence-electron chi connectivity index (χ1n) is 8.57. The number of hydrogen-bond donors (Lipinski definition) is 0. The summed E-state index contributed by atoms with van der Waals surface area (Å²) in [5, 5.41) is 0. The Morgan fingerprint density at radius 1 is 0.950 bits per heavy atom. The van der Waals surface area contributed by atoms with Gasteiger partial charge in [-0.2, -0.15) is 0 Å². The summed E-state index contributed by atoms with van der Waals surface area (Å²) >= 11 is 6.86. The Kier molecular flexibility index (Phi) is 3.11. The lowest BCUT2D eigenvalue weighted by atomic mass is 9.49. The molecule has 1 amide bonds. The molecule has 5 aliphatic rings. The molecule has 3 heteroatoms. The summed E-state index contributed by atoms with van der Waals surface area (Å²) in [5.41, 5.74) is -0.0732. The maximum absolute atomic E-state index is 13.2. The standard InChI is InChI=1S/C17H26ClNO/c18-17-10-13-7-14(11-17)9-16(8-13,12-17)15(20)19-5-3-1-2-4-6-19/h13-14H,1-12H2. The second-order valence-corrected chi connectivity index (χ2v) is 8.90. The van der Waals surface area contributed by atoms with Crippen molar-refractivity contribution in [3.8, 4) is 0 Å². The van der Waals surface area contributed by atoms with Gasteiger partial charge < -0.3 is 4.90 Å². The summed E-state index contributed by atoms with van der Waals surface area (Å²) in [6.45, 7) is 1.98. The van der Waals surface area contributed by atoms with Gasteiger partial charge in [-0.25, -0.2) is 0 Å². The Balaban J connectivity index is 1.58. The van der Waals surface area contributed by atoms with E-state index in [1.165, 1.54) is 44.9 Å². The molecule has 2 atom stereocenters. The average molecular weight is 296 g/mol. The van der Waals surface area contributed by atoms with Crippen molar-refractivity contribution in [3.63, 3.8) is 0 Å². The van der Waals surface area contributed by atoms with Gasteiger partial charge in [0.1, 0.15) is 0 Å². The normalized spacial score (nSPS) is 47.4. The van der Waals surface area contributed by atoms with Crippen LogP contribution in [0.3, 0.4) is 0 Å². The second-order valence-electron chi connectivity index (χ2n) is 8.10. The van der Waals surface area contributed by atoms with E-state index < -0.39 is 0 Å². The van der Waals surface area contributed by atoms with Crippen molar-refractivity contribution in [1.82, 2.24) is 4.90 Å². The molecule has 0 aromatic heterocycles. The predicted octanol–water partition coefficient (Wildman–Crippen LogP) is 3.97. The van der Waals surface area contributed by atoms with Crippen molar-refractivity contribution < 1.29 is 4.79 Å². The molecule has 112 valence electrons. The summed E-state index contributed by atoms with van der Waals surface area (Å²) in [6, 6.07) is 0. The highest BCUT2D eigenvalue weighted by atomic mass is 35.5. The zero-order chi connectivity index (χ0) is 13.8. The van der Waals surface area contributed by atoms with Crippen LogP contribution in [0.5, 0.6) is 0 Å². The van der Waals surface area contributed by atoms with Crippen molar-refractivity contribution in [2.45, 2.75) is 69.1 Å². The second kappa shape index (κ2) is 4.63. The molecule has 4 aliphatic carbocycles. The Hall–Kier alpha value is -0.240. The lowest BCUT2D eigenvalue weighted by Crippen LogP contribution is -2.59. The van der Waals surface area contributed by atoms with E-state index in [2.05, 4.69) is 4.90 Å². The quantitative estimate of drug-likeness (QED) is 0.670. The third kappa shape index (κ3) is 2.10. The van der Waals surface area contributed by atoms with Crippen LogP contribution in [0.1, 0.15) is 64.2 Å². The van der Waals surface area contributed by atoms with Crippen LogP contribution in [-0.4, -0.2) is 28.8 Å². The Morgan fingerprint density at radius 3 is 2.10 bits per heavy atom. The fourth-order valence-corrected chi connectivity index (χ4v) is 6.70. The van der Waals surface area contributed by atoms with E-state index in [1.54, 1.807) is 0 Å². The third-order valence-electron chi connectivity index (χ3n) is 6.34. The van der Waals surface area contributed by atoms with Crippen molar-refractivity contribution in [2.24, 2.45) is 17.3 Å². The maximum atomic E-state index is 13.2. The van der Waals surface area contributed by atoms with Crippen molar-refractivity contribution in [2.75, 3.05) is 13.1 Å². The molecule has 4 saturated carbocycles. The van der Waals surface area contributed by atoms with Gasteiger partial charge in [-0.1, -0.05) is 12.8 Å². The molecule has 2 nitrogen and oxygen atoms in total. The molecule has 1 aliphatic heterocycles. The van der Waals surface area contributed by atoms with Gasteiger partial charge in [0, 0.05) is 18.0 Å². The first-order chi connectivity index (χ1) is 9.59. The molecule has 0 radical (unpaired) electrons. The van der Waals surface area contributed by atoms with Crippen LogP contribution >= 0.6 is 11.6 Å². The van der Waals surface area contributed by atoms with Gasteiger partial charge in [0.05, 0.1) is 5.41 Å².